The van der Waals surface area contributed by atoms with Gasteiger partial charge >= 0.3 is 11.7 Å². The van der Waals surface area contributed by atoms with E-state index in [0.717, 1.165) is 12.3 Å². The maximum atomic E-state index is 13.6. The van der Waals surface area contributed by atoms with E-state index in [9.17, 15) is 19.3 Å². The van der Waals surface area contributed by atoms with Gasteiger partial charge in [0, 0.05) is 18.8 Å². The molecule has 1 aromatic heterocycles. The highest BCUT2D eigenvalue weighted by Crippen LogP contribution is 2.24. The Bertz CT molecular complexity index is 782. The molecule has 9 heteroatoms. The van der Waals surface area contributed by atoms with E-state index < -0.39 is 16.7 Å². The maximum absolute atomic E-state index is 13.6. The number of methoxy groups -OCH3 is 2. The molecule has 0 atom stereocenters. The van der Waals surface area contributed by atoms with E-state index in [1.807, 2.05) is 0 Å². The fourth-order valence-corrected chi connectivity index (χ4v) is 1.96. The number of carbonyl (C=O) groups excluding carboxylic acids is 1. The molecule has 1 N–H and O–H groups in total. The Balaban J connectivity index is 2.21. The Morgan fingerprint density at radius 1 is 1.38 bits per heavy atom. The highest BCUT2D eigenvalue weighted by atomic mass is 19.1. The van der Waals surface area contributed by atoms with Crippen molar-refractivity contribution in [3.63, 3.8) is 0 Å². The number of halogens is 1. The van der Waals surface area contributed by atoms with Crippen LogP contribution >= 0.6 is 0 Å². The number of nitrogens with zero attached hydrogens (tertiary/aromatic N) is 2. The minimum atomic E-state index is -0.727. The molecule has 8 nitrogen and oxygen atoms in total. The second-order valence-electron chi connectivity index (χ2n) is 4.66. The van der Waals surface area contributed by atoms with Crippen LogP contribution in [0, 0.1) is 15.9 Å². The zero-order valence-electron chi connectivity index (χ0n) is 12.9. The third-order valence-electron chi connectivity index (χ3n) is 3.16. The van der Waals surface area contributed by atoms with Gasteiger partial charge in [-0.3, -0.25) is 10.1 Å². The Hall–Kier alpha value is -3.23. The highest BCUT2D eigenvalue weighted by Gasteiger charge is 2.19. The van der Waals surface area contributed by atoms with Gasteiger partial charge in [-0.25, -0.2) is 14.2 Å². The summed E-state index contributed by atoms with van der Waals surface area (Å²) < 4.78 is 23.0. The van der Waals surface area contributed by atoms with Gasteiger partial charge in [-0.05, 0) is 17.7 Å². The lowest BCUT2D eigenvalue weighted by Gasteiger charge is -2.08. The van der Waals surface area contributed by atoms with Crippen molar-refractivity contribution in [2.75, 3.05) is 19.5 Å². The average molecular weight is 335 g/mol. The van der Waals surface area contributed by atoms with Crippen molar-refractivity contribution >= 4 is 17.5 Å². The van der Waals surface area contributed by atoms with E-state index in [2.05, 4.69) is 15.0 Å². The summed E-state index contributed by atoms with van der Waals surface area (Å²) in [7, 11) is 2.52. The maximum Gasteiger partial charge on any atom is 0.339 e. The first-order valence-corrected chi connectivity index (χ1v) is 6.75. The van der Waals surface area contributed by atoms with E-state index in [4.69, 9.17) is 4.74 Å². The molecule has 1 aromatic carbocycles. The first-order chi connectivity index (χ1) is 11.5. The number of carbonyl (C=O) groups is 1. The fraction of sp³-hybridized carbons (Fsp3) is 0.200. The molecule has 0 unspecified atom stereocenters. The average Bonchev–Trinajstić information content (AvgIpc) is 2.59. The number of hydrogen-bond acceptors (Lipinski definition) is 7. The smallest absolute Gasteiger partial charge is 0.339 e. The summed E-state index contributed by atoms with van der Waals surface area (Å²) in [5, 5.41) is 13.9. The second-order valence-corrected chi connectivity index (χ2v) is 4.66. The largest absolute Gasteiger partial charge is 0.494 e. The molecule has 0 aliphatic carbocycles. The first-order valence-electron chi connectivity index (χ1n) is 6.75. The number of pyridine rings is 1. The Morgan fingerprint density at radius 3 is 2.71 bits per heavy atom. The van der Waals surface area contributed by atoms with Crippen LogP contribution in [-0.4, -0.2) is 30.1 Å². The normalized spacial score (nSPS) is 10.1. The van der Waals surface area contributed by atoms with Crippen molar-refractivity contribution < 1.29 is 23.6 Å². The van der Waals surface area contributed by atoms with E-state index in [0.29, 0.717) is 5.56 Å². The van der Waals surface area contributed by atoms with Gasteiger partial charge in [-0.2, -0.15) is 0 Å². The number of esters is 1. The third-order valence-corrected chi connectivity index (χ3v) is 3.16. The van der Waals surface area contributed by atoms with Gasteiger partial charge in [0.05, 0.1) is 24.7 Å². The van der Waals surface area contributed by atoms with Crippen molar-refractivity contribution in [1.29, 1.82) is 0 Å². The van der Waals surface area contributed by atoms with Crippen LogP contribution in [0.25, 0.3) is 0 Å². The predicted octanol–water partition coefficient (Wildman–Crippen LogP) is 2.54. The molecule has 2 aromatic rings. The molecular formula is C15H14FN3O5. The van der Waals surface area contributed by atoms with Crippen LogP contribution < -0.4 is 10.1 Å². The van der Waals surface area contributed by atoms with Gasteiger partial charge in [-0.15, -0.1) is 0 Å². The lowest BCUT2D eigenvalue weighted by Crippen LogP contribution is -2.08. The molecule has 0 radical (unpaired) electrons. The fourth-order valence-electron chi connectivity index (χ4n) is 1.96. The van der Waals surface area contributed by atoms with Gasteiger partial charge < -0.3 is 14.8 Å². The van der Waals surface area contributed by atoms with Gasteiger partial charge in [0.15, 0.2) is 11.6 Å². The number of aromatic nitrogens is 1. The summed E-state index contributed by atoms with van der Waals surface area (Å²) in [6.07, 6.45) is 1.16. The minimum absolute atomic E-state index is 0.0368. The Kier molecular flexibility index (Phi) is 5.25. The summed E-state index contributed by atoms with van der Waals surface area (Å²) in [6, 6.07) is 5.38. The summed E-state index contributed by atoms with van der Waals surface area (Å²) in [6.45, 7) is 0.103. The van der Waals surface area contributed by atoms with E-state index >= 15 is 0 Å². The van der Waals surface area contributed by atoms with Gasteiger partial charge in [0.1, 0.15) is 0 Å². The zero-order valence-corrected chi connectivity index (χ0v) is 12.9. The lowest BCUT2D eigenvalue weighted by molar-refractivity contribution is -0.384. The third kappa shape index (κ3) is 3.75. The standard InChI is InChI=1S/C15H14FN3O5/c1-23-13-4-3-9(5-11(13)16)7-17-14-12(19(21)22)6-10(8-18-14)15(20)24-2/h3-6,8H,7H2,1-2H3,(H,17,18). The number of anilines is 1. The molecule has 24 heavy (non-hydrogen) atoms. The zero-order chi connectivity index (χ0) is 17.7. The lowest BCUT2D eigenvalue weighted by atomic mass is 10.2. The Morgan fingerprint density at radius 2 is 2.12 bits per heavy atom. The van der Waals surface area contributed by atoms with E-state index in [-0.39, 0.29) is 29.4 Å². The van der Waals surface area contributed by atoms with Crippen molar-refractivity contribution in [2.24, 2.45) is 0 Å². The van der Waals surface area contributed by atoms with E-state index in [1.165, 1.54) is 26.4 Å². The summed E-state index contributed by atoms with van der Waals surface area (Å²) in [5.41, 5.74) is 0.124. The molecule has 0 saturated heterocycles. The van der Waals surface area contributed by atoms with Crippen LogP contribution in [-0.2, 0) is 11.3 Å². The molecule has 1 heterocycles. The molecule has 0 fully saturated rings. The molecular weight excluding hydrogens is 321 g/mol. The quantitative estimate of drug-likeness (QED) is 0.491. The van der Waals surface area contributed by atoms with Crippen LogP contribution in [0.15, 0.2) is 30.5 Å². The van der Waals surface area contributed by atoms with Gasteiger partial charge in [0.25, 0.3) is 0 Å². The molecule has 0 aliphatic heterocycles. The minimum Gasteiger partial charge on any atom is -0.494 e. The first kappa shape index (κ1) is 17.1. The van der Waals surface area contributed by atoms with Crippen molar-refractivity contribution in [1.82, 2.24) is 4.98 Å². The monoisotopic (exact) mass is 335 g/mol. The van der Waals surface area contributed by atoms with Crippen LogP contribution in [0.5, 0.6) is 5.75 Å². The molecule has 0 bridgehead atoms. The van der Waals surface area contributed by atoms with E-state index in [1.54, 1.807) is 6.07 Å². The molecule has 0 saturated carbocycles. The van der Waals surface area contributed by atoms with Crippen LogP contribution in [0.1, 0.15) is 15.9 Å². The highest BCUT2D eigenvalue weighted by molar-refractivity contribution is 5.90. The van der Waals surface area contributed by atoms with Crippen LogP contribution in [0.2, 0.25) is 0 Å². The number of hydrogen-bond donors (Lipinski definition) is 1. The summed E-state index contributed by atoms with van der Waals surface area (Å²) in [4.78, 5) is 25.7. The summed E-state index contributed by atoms with van der Waals surface area (Å²) in [5.74, 6) is -1.20. The van der Waals surface area contributed by atoms with Crippen molar-refractivity contribution in [3.05, 3.63) is 57.5 Å². The number of ether oxygens (including phenoxy) is 2. The number of nitro groups is 1. The number of rotatable bonds is 6. The SMILES string of the molecule is COC(=O)c1cnc(NCc2ccc(OC)c(F)c2)c([N+](=O)[O-])c1. The van der Waals surface area contributed by atoms with Gasteiger partial charge in [-0.1, -0.05) is 6.07 Å². The van der Waals surface area contributed by atoms with Crippen LogP contribution in [0.4, 0.5) is 15.9 Å². The Labute approximate surface area is 136 Å². The van der Waals surface area contributed by atoms with Crippen LogP contribution in [0.3, 0.4) is 0 Å². The molecule has 2 rings (SSSR count). The van der Waals surface area contributed by atoms with Crippen molar-refractivity contribution in [2.45, 2.75) is 6.54 Å². The number of nitrogens with one attached hydrogen (secondary N) is 1. The van der Waals surface area contributed by atoms with Gasteiger partial charge in [0.2, 0.25) is 5.82 Å². The summed E-state index contributed by atoms with van der Waals surface area (Å²) >= 11 is 0. The molecule has 0 spiro atoms. The topological polar surface area (TPSA) is 104 Å². The molecule has 126 valence electrons. The molecule has 0 amide bonds. The second kappa shape index (κ2) is 7.36. The number of benzene rings is 1. The van der Waals surface area contributed by atoms with Crippen molar-refractivity contribution in [3.8, 4) is 5.75 Å². The molecule has 0 aliphatic rings. The predicted molar refractivity (Wildman–Crippen MR) is 82.5 cm³/mol.